The molecule has 88 valence electrons. The van der Waals surface area contributed by atoms with Gasteiger partial charge in [-0.05, 0) is 25.5 Å². The van der Waals surface area contributed by atoms with E-state index in [2.05, 4.69) is 4.98 Å². The number of nitriles is 1. The fraction of sp³-hybridized carbons (Fsp3) is 0.417. The lowest BCUT2D eigenvalue weighted by Gasteiger charge is -2.24. The van der Waals surface area contributed by atoms with Crippen LogP contribution < -0.4 is 4.90 Å². The first-order valence-corrected chi connectivity index (χ1v) is 5.49. The highest BCUT2D eigenvalue weighted by atomic mass is 16.4. The highest BCUT2D eigenvalue weighted by Gasteiger charge is 2.36. The number of nitrogens with zero attached hydrogens (tertiary/aromatic N) is 3. The molecular formula is C12H13N3O2. The fourth-order valence-electron chi connectivity index (χ4n) is 2.22. The topological polar surface area (TPSA) is 77.2 Å². The Labute approximate surface area is 99.3 Å². The lowest BCUT2D eigenvalue weighted by molar-refractivity contribution is -0.141. The third kappa shape index (κ3) is 2.07. The van der Waals surface area contributed by atoms with Gasteiger partial charge in [-0.15, -0.1) is 0 Å². The van der Waals surface area contributed by atoms with E-state index in [0.29, 0.717) is 18.5 Å². The van der Waals surface area contributed by atoms with Crippen LogP contribution in [0.25, 0.3) is 0 Å². The molecule has 1 saturated heterocycles. The zero-order valence-electron chi connectivity index (χ0n) is 9.50. The minimum atomic E-state index is -0.756. The van der Waals surface area contributed by atoms with Crippen molar-refractivity contribution in [3.63, 3.8) is 0 Å². The van der Waals surface area contributed by atoms with Gasteiger partial charge in [0.2, 0.25) is 0 Å². The molecule has 0 radical (unpaired) electrons. The van der Waals surface area contributed by atoms with Gasteiger partial charge in [0.1, 0.15) is 11.9 Å². The van der Waals surface area contributed by atoms with Gasteiger partial charge in [-0.1, -0.05) is 0 Å². The molecule has 0 aromatic carbocycles. The quantitative estimate of drug-likeness (QED) is 0.828. The van der Waals surface area contributed by atoms with Crippen LogP contribution in [0, 0.1) is 17.2 Å². The van der Waals surface area contributed by atoms with Gasteiger partial charge >= 0.3 is 5.97 Å². The molecule has 5 heteroatoms. The predicted molar refractivity (Wildman–Crippen MR) is 61.5 cm³/mol. The van der Waals surface area contributed by atoms with Crippen molar-refractivity contribution in [1.82, 2.24) is 4.98 Å². The van der Waals surface area contributed by atoms with E-state index in [4.69, 9.17) is 10.4 Å². The number of aromatic nitrogens is 1. The summed E-state index contributed by atoms with van der Waals surface area (Å²) in [5, 5.41) is 17.7. The highest BCUT2D eigenvalue weighted by Crippen LogP contribution is 2.28. The smallest absolute Gasteiger partial charge is 0.308 e. The number of carbonyl (C=O) groups is 1. The minimum absolute atomic E-state index is 0.0621. The maximum absolute atomic E-state index is 11.0. The molecule has 1 aromatic rings. The number of hydrogen-bond donors (Lipinski definition) is 1. The first-order valence-electron chi connectivity index (χ1n) is 5.49. The maximum atomic E-state index is 11.0. The Balaban J connectivity index is 2.18. The SMILES string of the molecule is CC1C(C(=O)O)CCN1c1ccc(C#N)cn1. The van der Waals surface area contributed by atoms with E-state index in [-0.39, 0.29) is 12.0 Å². The molecule has 2 heterocycles. The van der Waals surface area contributed by atoms with E-state index in [1.165, 1.54) is 6.20 Å². The molecule has 1 aromatic heterocycles. The molecule has 0 spiro atoms. The Morgan fingerprint density at radius 2 is 2.41 bits per heavy atom. The molecular weight excluding hydrogens is 218 g/mol. The van der Waals surface area contributed by atoms with E-state index in [0.717, 1.165) is 5.82 Å². The lowest BCUT2D eigenvalue weighted by atomic mass is 10.0. The van der Waals surface area contributed by atoms with Crippen LogP contribution in [0.5, 0.6) is 0 Å². The monoisotopic (exact) mass is 231 g/mol. The minimum Gasteiger partial charge on any atom is -0.481 e. The van der Waals surface area contributed by atoms with Crippen LogP contribution in [0.4, 0.5) is 5.82 Å². The van der Waals surface area contributed by atoms with Gasteiger partial charge in [0.05, 0.1) is 11.5 Å². The molecule has 0 amide bonds. The molecule has 1 aliphatic heterocycles. The summed E-state index contributed by atoms with van der Waals surface area (Å²) >= 11 is 0. The summed E-state index contributed by atoms with van der Waals surface area (Å²) < 4.78 is 0. The first kappa shape index (κ1) is 11.4. The zero-order chi connectivity index (χ0) is 12.4. The number of carboxylic acids is 1. The lowest BCUT2D eigenvalue weighted by Crippen LogP contribution is -2.33. The fourth-order valence-corrected chi connectivity index (χ4v) is 2.22. The molecule has 1 aliphatic rings. The zero-order valence-corrected chi connectivity index (χ0v) is 9.50. The number of rotatable bonds is 2. The number of carboxylic acid groups (broad SMARTS) is 1. The Morgan fingerprint density at radius 3 is 2.88 bits per heavy atom. The number of hydrogen-bond acceptors (Lipinski definition) is 4. The number of anilines is 1. The molecule has 17 heavy (non-hydrogen) atoms. The number of aliphatic carboxylic acids is 1. The normalized spacial score (nSPS) is 23.4. The largest absolute Gasteiger partial charge is 0.481 e. The van der Waals surface area contributed by atoms with Gasteiger partial charge in [0, 0.05) is 18.8 Å². The molecule has 2 atom stereocenters. The molecule has 2 rings (SSSR count). The van der Waals surface area contributed by atoms with Crippen LogP contribution in [0.2, 0.25) is 0 Å². The first-order chi connectivity index (χ1) is 8.13. The second-order valence-corrected chi connectivity index (χ2v) is 4.18. The van der Waals surface area contributed by atoms with Crippen LogP contribution in [-0.2, 0) is 4.79 Å². The van der Waals surface area contributed by atoms with Crippen molar-refractivity contribution < 1.29 is 9.90 Å². The molecule has 5 nitrogen and oxygen atoms in total. The van der Waals surface area contributed by atoms with Crippen molar-refractivity contribution in [1.29, 1.82) is 5.26 Å². The van der Waals surface area contributed by atoms with Gasteiger partial charge in [0.25, 0.3) is 0 Å². The second-order valence-electron chi connectivity index (χ2n) is 4.18. The summed E-state index contributed by atoms with van der Waals surface area (Å²) in [7, 11) is 0. The van der Waals surface area contributed by atoms with Crippen molar-refractivity contribution in [2.75, 3.05) is 11.4 Å². The number of pyridine rings is 1. The standard InChI is InChI=1S/C12H13N3O2/c1-8-10(12(16)17)4-5-15(8)11-3-2-9(6-13)7-14-11/h2-3,7-8,10H,4-5H2,1H3,(H,16,17). The van der Waals surface area contributed by atoms with Gasteiger partial charge in [-0.3, -0.25) is 4.79 Å². The van der Waals surface area contributed by atoms with Crippen LogP contribution >= 0.6 is 0 Å². The third-order valence-electron chi connectivity index (χ3n) is 3.24. The molecule has 2 unspecified atom stereocenters. The molecule has 0 aliphatic carbocycles. The summed E-state index contributed by atoms with van der Waals surface area (Å²) in [6, 6.07) is 5.41. The van der Waals surface area contributed by atoms with E-state index in [1.807, 2.05) is 17.9 Å². The van der Waals surface area contributed by atoms with Crippen LogP contribution in [-0.4, -0.2) is 28.6 Å². The molecule has 1 N–H and O–H groups in total. The Bertz CT molecular complexity index is 464. The van der Waals surface area contributed by atoms with Gasteiger partial charge < -0.3 is 10.0 Å². The van der Waals surface area contributed by atoms with E-state index >= 15 is 0 Å². The summed E-state index contributed by atoms with van der Waals surface area (Å²) in [5.74, 6) is -0.360. The molecule has 1 fully saturated rings. The van der Waals surface area contributed by atoms with Crippen LogP contribution in [0.1, 0.15) is 18.9 Å². The molecule has 0 saturated carbocycles. The maximum Gasteiger partial charge on any atom is 0.308 e. The third-order valence-corrected chi connectivity index (χ3v) is 3.24. The summed E-state index contributed by atoms with van der Waals surface area (Å²) in [6.07, 6.45) is 2.15. The Morgan fingerprint density at radius 1 is 1.65 bits per heavy atom. The van der Waals surface area contributed by atoms with Crippen molar-refractivity contribution >= 4 is 11.8 Å². The Kier molecular flexibility index (Phi) is 2.96. The second kappa shape index (κ2) is 4.42. The van der Waals surface area contributed by atoms with Gasteiger partial charge in [0.15, 0.2) is 0 Å². The summed E-state index contributed by atoms with van der Waals surface area (Å²) in [4.78, 5) is 17.2. The van der Waals surface area contributed by atoms with Crippen molar-refractivity contribution in [2.45, 2.75) is 19.4 Å². The van der Waals surface area contributed by atoms with Crippen LogP contribution in [0.3, 0.4) is 0 Å². The van der Waals surface area contributed by atoms with Gasteiger partial charge in [-0.25, -0.2) is 4.98 Å². The predicted octanol–water partition coefficient (Wildman–Crippen LogP) is 1.25. The highest BCUT2D eigenvalue weighted by molar-refractivity contribution is 5.72. The van der Waals surface area contributed by atoms with E-state index in [1.54, 1.807) is 12.1 Å². The van der Waals surface area contributed by atoms with E-state index in [9.17, 15) is 4.79 Å². The average molecular weight is 231 g/mol. The summed E-state index contributed by atoms with van der Waals surface area (Å²) in [6.45, 7) is 2.59. The van der Waals surface area contributed by atoms with Crippen molar-refractivity contribution in [3.05, 3.63) is 23.9 Å². The van der Waals surface area contributed by atoms with Crippen LogP contribution in [0.15, 0.2) is 18.3 Å². The van der Waals surface area contributed by atoms with Crippen molar-refractivity contribution in [2.24, 2.45) is 5.92 Å². The summed E-state index contributed by atoms with van der Waals surface area (Å²) in [5.41, 5.74) is 0.510. The average Bonchev–Trinajstić information content (AvgIpc) is 2.71. The van der Waals surface area contributed by atoms with E-state index < -0.39 is 5.97 Å². The van der Waals surface area contributed by atoms with Gasteiger partial charge in [-0.2, -0.15) is 5.26 Å². The Hall–Kier alpha value is -2.09. The van der Waals surface area contributed by atoms with Crippen molar-refractivity contribution in [3.8, 4) is 6.07 Å². The molecule has 0 bridgehead atoms.